The number of rotatable bonds is 3. The van der Waals surface area contributed by atoms with Crippen molar-refractivity contribution < 1.29 is 18.3 Å². The molecule has 2 fully saturated rings. The summed E-state index contributed by atoms with van der Waals surface area (Å²) in [7, 11) is 0. The highest BCUT2D eigenvalue weighted by molar-refractivity contribution is 5.79. The number of carbonyl (C=O) groups excluding carboxylic acids is 1. The van der Waals surface area contributed by atoms with E-state index in [9.17, 15) is 13.6 Å². The fourth-order valence-electron chi connectivity index (χ4n) is 4.25. The van der Waals surface area contributed by atoms with E-state index in [1.807, 2.05) is 4.90 Å². The van der Waals surface area contributed by atoms with Gasteiger partial charge in [0, 0.05) is 37.3 Å². The number of ether oxygens (including phenoxy) is 1. The van der Waals surface area contributed by atoms with E-state index < -0.39 is 0 Å². The first-order valence-electron chi connectivity index (χ1n) is 9.73. The number of likely N-dealkylation sites (tertiary alicyclic amines) is 1. The standard InChI is InChI=1S/C22H24F2N2O2/c23-18-5-7-19(8-6-18)26-11-12-28-15-17-14-25(10-9-21(17)26)22(27)13-16-3-1-2-4-20(16)24/h1-8,17,21H,9-15H2/t17-,21+/m1/s1. The number of fused-ring (bicyclic) bond motifs is 1. The fourth-order valence-corrected chi connectivity index (χ4v) is 4.25. The monoisotopic (exact) mass is 386 g/mol. The van der Waals surface area contributed by atoms with Crippen molar-refractivity contribution in [3.05, 3.63) is 65.7 Å². The Morgan fingerprint density at radius 1 is 1.07 bits per heavy atom. The van der Waals surface area contributed by atoms with E-state index in [2.05, 4.69) is 4.90 Å². The van der Waals surface area contributed by atoms with E-state index in [1.54, 1.807) is 30.3 Å². The van der Waals surface area contributed by atoms with Crippen LogP contribution in [0.2, 0.25) is 0 Å². The minimum absolute atomic E-state index is 0.0545. The summed E-state index contributed by atoms with van der Waals surface area (Å²) in [6.45, 7) is 3.16. The molecule has 0 aromatic heterocycles. The minimum atomic E-state index is -0.342. The smallest absolute Gasteiger partial charge is 0.227 e. The predicted molar refractivity (Wildman–Crippen MR) is 103 cm³/mol. The Bertz CT molecular complexity index is 828. The molecule has 0 saturated carbocycles. The highest BCUT2D eigenvalue weighted by Crippen LogP contribution is 2.30. The van der Waals surface area contributed by atoms with Gasteiger partial charge in [-0.1, -0.05) is 18.2 Å². The topological polar surface area (TPSA) is 32.8 Å². The molecule has 148 valence electrons. The number of piperidine rings is 1. The van der Waals surface area contributed by atoms with Crippen LogP contribution in [0.1, 0.15) is 12.0 Å². The molecular formula is C22H24F2N2O2. The van der Waals surface area contributed by atoms with Crippen molar-refractivity contribution >= 4 is 11.6 Å². The highest BCUT2D eigenvalue weighted by Gasteiger charge is 2.36. The van der Waals surface area contributed by atoms with Crippen molar-refractivity contribution in [1.82, 2.24) is 4.90 Å². The van der Waals surface area contributed by atoms with Gasteiger partial charge >= 0.3 is 0 Å². The second-order valence-electron chi connectivity index (χ2n) is 7.47. The molecule has 0 N–H and O–H groups in total. The molecule has 0 radical (unpaired) electrons. The zero-order chi connectivity index (χ0) is 19.5. The normalized spacial score (nSPS) is 22.5. The van der Waals surface area contributed by atoms with E-state index in [-0.39, 0.29) is 35.9 Å². The van der Waals surface area contributed by atoms with Crippen LogP contribution in [-0.4, -0.2) is 49.7 Å². The Balaban J connectivity index is 1.46. The molecule has 2 atom stereocenters. The maximum absolute atomic E-state index is 13.9. The van der Waals surface area contributed by atoms with Gasteiger partial charge < -0.3 is 14.5 Å². The summed E-state index contributed by atoms with van der Waals surface area (Å²) in [5, 5.41) is 0. The van der Waals surface area contributed by atoms with Crippen LogP contribution >= 0.6 is 0 Å². The van der Waals surface area contributed by atoms with Crippen molar-refractivity contribution in [1.29, 1.82) is 0 Å². The Morgan fingerprint density at radius 2 is 1.86 bits per heavy atom. The minimum Gasteiger partial charge on any atom is -0.379 e. The Labute approximate surface area is 163 Å². The molecule has 0 unspecified atom stereocenters. The summed E-state index contributed by atoms with van der Waals surface area (Å²) >= 11 is 0. The van der Waals surface area contributed by atoms with E-state index in [0.717, 1.165) is 18.7 Å². The highest BCUT2D eigenvalue weighted by atomic mass is 19.1. The second kappa shape index (κ2) is 8.27. The van der Waals surface area contributed by atoms with E-state index >= 15 is 0 Å². The van der Waals surface area contributed by atoms with Crippen LogP contribution < -0.4 is 4.90 Å². The van der Waals surface area contributed by atoms with Crippen LogP contribution in [0.5, 0.6) is 0 Å². The first kappa shape index (κ1) is 18.9. The quantitative estimate of drug-likeness (QED) is 0.812. The van der Waals surface area contributed by atoms with Crippen molar-refractivity contribution in [2.45, 2.75) is 18.9 Å². The molecule has 1 amide bonds. The number of benzene rings is 2. The van der Waals surface area contributed by atoms with Crippen LogP contribution in [0, 0.1) is 17.6 Å². The van der Waals surface area contributed by atoms with Gasteiger partial charge in [0.15, 0.2) is 0 Å². The number of hydrogen-bond donors (Lipinski definition) is 0. The molecule has 2 saturated heterocycles. The largest absolute Gasteiger partial charge is 0.379 e. The van der Waals surface area contributed by atoms with Crippen molar-refractivity contribution in [2.75, 3.05) is 37.7 Å². The molecule has 0 aliphatic carbocycles. The SMILES string of the molecule is O=C(Cc1ccccc1F)N1CC[C@H]2[C@@H](COCCN2c2ccc(F)cc2)C1. The van der Waals surface area contributed by atoms with Gasteiger partial charge in [0.25, 0.3) is 0 Å². The first-order valence-corrected chi connectivity index (χ1v) is 9.73. The van der Waals surface area contributed by atoms with E-state index in [0.29, 0.717) is 31.9 Å². The summed E-state index contributed by atoms with van der Waals surface area (Å²) in [6.07, 6.45) is 0.890. The van der Waals surface area contributed by atoms with Gasteiger partial charge in [-0.2, -0.15) is 0 Å². The second-order valence-corrected chi connectivity index (χ2v) is 7.47. The zero-order valence-corrected chi connectivity index (χ0v) is 15.7. The average molecular weight is 386 g/mol. The predicted octanol–water partition coefficient (Wildman–Crippen LogP) is 3.26. The van der Waals surface area contributed by atoms with Crippen molar-refractivity contribution in [3.8, 4) is 0 Å². The van der Waals surface area contributed by atoms with Crippen LogP contribution in [0.3, 0.4) is 0 Å². The molecule has 28 heavy (non-hydrogen) atoms. The lowest BCUT2D eigenvalue weighted by atomic mass is 9.90. The molecule has 2 aromatic rings. The van der Waals surface area contributed by atoms with Crippen LogP contribution in [0.15, 0.2) is 48.5 Å². The molecule has 2 heterocycles. The maximum Gasteiger partial charge on any atom is 0.227 e. The molecule has 4 rings (SSSR count). The van der Waals surface area contributed by atoms with Crippen LogP contribution in [0.4, 0.5) is 14.5 Å². The number of nitrogens with zero attached hydrogens (tertiary/aromatic N) is 2. The lowest BCUT2D eigenvalue weighted by molar-refractivity contribution is -0.132. The van der Waals surface area contributed by atoms with Gasteiger partial charge in [-0.15, -0.1) is 0 Å². The van der Waals surface area contributed by atoms with E-state index in [1.165, 1.54) is 18.2 Å². The first-order chi connectivity index (χ1) is 13.6. The maximum atomic E-state index is 13.9. The lowest BCUT2D eigenvalue weighted by Gasteiger charge is -2.43. The van der Waals surface area contributed by atoms with Gasteiger partial charge in [-0.3, -0.25) is 4.79 Å². The molecule has 0 spiro atoms. The third kappa shape index (κ3) is 4.02. The zero-order valence-electron chi connectivity index (χ0n) is 15.7. The lowest BCUT2D eigenvalue weighted by Crippen LogP contribution is -2.53. The summed E-state index contributed by atoms with van der Waals surface area (Å²) < 4.78 is 33.0. The fraction of sp³-hybridized carbons (Fsp3) is 0.409. The number of amides is 1. The molecule has 2 aliphatic rings. The van der Waals surface area contributed by atoms with Crippen LogP contribution in [0.25, 0.3) is 0 Å². The summed E-state index contributed by atoms with van der Waals surface area (Å²) in [6, 6.07) is 13.2. The molecule has 0 bridgehead atoms. The van der Waals surface area contributed by atoms with Gasteiger partial charge in [-0.25, -0.2) is 8.78 Å². The van der Waals surface area contributed by atoms with Crippen LogP contribution in [-0.2, 0) is 16.0 Å². The molecule has 2 aliphatic heterocycles. The number of carbonyl (C=O) groups is 1. The Hall–Kier alpha value is -2.47. The van der Waals surface area contributed by atoms with Gasteiger partial charge in [0.05, 0.1) is 19.6 Å². The Morgan fingerprint density at radius 3 is 2.64 bits per heavy atom. The number of halogens is 2. The Kier molecular flexibility index (Phi) is 5.57. The van der Waals surface area contributed by atoms with Crippen molar-refractivity contribution in [2.24, 2.45) is 5.92 Å². The molecule has 2 aromatic carbocycles. The molecule has 6 heteroatoms. The molecular weight excluding hydrogens is 362 g/mol. The van der Waals surface area contributed by atoms with Crippen molar-refractivity contribution in [3.63, 3.8) is 0 Å². The number of anilines is 1. The van der Waals surface area contributed by atoms with E-state index in [4.69, 9.17) is 4.74 Å². The summed E-state index contributed by atoms with van der Waals surface area (Å²) in [5.41, 5.74) is 1.41. The number of hydrogen-bond acceptors (Lipinski definition) is 3. The molecule has 4 nitrogen and oxygen atoms in total. The van der Waals surface area contributed by atoms with Gasteiger partial charge in [0.2, 0.25) is 5.91 Å². The summed E-state index contributed by atoms with van der Waals surface area (Å²) in [4.78, 5) is 16.8. The van der Waals surface area contributed by atoms with Gasteiger partial charge in [0.1, 0.15) is 11.6 Å². The third-order valence-electron chi connectivity index (χ3n) is 5.71. The van der Waals surface area contributed by atoms with Gasteiger partial charge in [-0.05, 0) is 42.3 Å². The average Bonchev–Trinajstić information content (AvgIpc) is 2.92. The third-order valence-corrected chi connectivity index (χ3v) is 5.71. The summed E-state index contributed by atoms with van der Waals surface area (Å²) in [5.74, 6) is -0.474.